The van der Waals surface area contributed by atoms with Gasteiger partial charge < -0.3 is 10.2 Å². The van der Waals surface area contributed by atoms with Gasteiger partial charge in [-0.05, 0) is 19.8 Å². The predicted octanol–water partition coefficient (Wildman–Crippen LogP) is 1.55. The van der Waals surface area contributed by atoms with E-state index < -0.39 is 11.7 Å². The van der Waals surface area contributed by atoms with Gasteiger partial charge in [0, 0.05) is 0 Å². The molecule has 2 N–H and O–H groups in total. The highest BCUT2D eigenvalue weighted by Crippen LogP contribution is 2.26. The van der Waals surface area contributed by atoms with Crippen LogP contribution in [0.5, 0.6) is 0 Å². The lowest BCUT2D eigenvalue weighted by Gasteiger charge is -2.34. The summed E-state index contributed by atoms with van der Waals surface area (Å²) >= 11 is 0. The Bertz CT molecular complexity index is 104. The molecule has 0 aliphatic rings. The van der Waals surface area contributed by atoms with Crippen molar-refractivity contribution in [3.05, 3.63) is 0 Å². The van der Waals surface area contributed by atoms with E-state index in [1.54, 1.807) is 13.8 Å². The first-order valence-electron chi connectivity index (χ1n) is 4.37. The Labute approximate surface area is 69.2 Å². The number of hydrogen-bond donors (Lipinski definition) is 2. The fourth-order valence-corrected chi connectivity index (χ4v) is 1.46. The Morgan fingerprint density at radius 2 is 1.64 bits per heavy atom. The zero-order chi connectivity index (χ0) is 9.07. The van der Waals surface area contributed by atoms with Gasteiger partial charge in [0.05, 0.1) is 11.7 Å². The minimum atomic E-state index is -0.927. The largest absolute Gasteiger partial charge is 0.390 e. The maximum atomic E-state index is 9.80. The third-order valence-corrected chi connectivity index (χ3v) is 2.66. The molecule has 0 aliphatic carbocycles. The lowest BCUT2D eigenvalue weighted by Crippen LogP contribution is -2.44. The standard InChI is InChI=1S/C9H20O2/c1-5-8(6-2)9(4,11)7(3)10/h7-8,10-11H,5-6H2,1-4H3. The Hall–Kier alpha value is -0.0800. The first-order valence-corrected chi connectivity index (χ1v) is 4.37. The van der Waals surface area contributed by atoms with E-state index in [1.807, 2.05) is 13.8 Å². The average Bonchev–Trinajstić information content (AvgIpc) is 1.89. The summed E-state index contributed by atoms with van der Waals surface area (Å²) in [5.74, 6) is 0.197. The molecule has 0 saturated heterocycles. The van der Waals surface area contributed by atoms with Crippen molar-refractivity contribution in [2.24, 2.45) is 5.92 Å². The van der Waals surface area contributed by atoms with Crippen molar-refractivity contribution in [2.75, 3.05) is 0 Å². The number of hydrogen-bond acceptors (Lipinski definition) is 2. The van der Waals surface area contributed by atoms with Crippen molar-refractivity contribution < 1.29 is 10.2 Å². The molecule has 0 rings (SSSR count). The molecule has 0 aromatic rings. The van der Waals surface area contributed by atoms with E-state index in [9.17, 15) is 10.2 Å². The van der Waals surface area contributed by atoms with E-state index in [0.29, 0.717) is 0 Å². The summed E-state index contributed by atoms with van der Waals surface area (Å²) in [5, 5.41) is 19.1. The molecule has 2 heteroatoms. The highest BCUT2D eigenvalue weighted by Gasteiger charge is 2.33. The van der Waals surface area contributed by atoms with Crippen LogP contribution < -0.4 is 0 Å². The van der Waals surface area contributed by atoms with Crippen LogP contribution in [0.2, 0.25) is 0 Å². The Morgan fingerprint density at radius 1 is 1.27 bits per heavy atom. The van der Waals surface area contributed by atoms with E-state index >= 15 is 0 Å². The molecule has 0 spiro atoms. The maximum absolute atomic E-state index is 9.80. The normalized spacial score (nSPS) is 19.9. The van der Waals surface area contributed by atoms with Crippen LogP contribution in [0.4, 0.5) is 0 Å². The summed E-state index contributed by atoms with van der Waals surface area (Å²) in [7, 11) is 0. The zero-order valence-corrected chi connectivity index (χ0v) is 7.96. The quantitative estimate of drug-likeness (QED) is 0.655. The van der Waals surface area contributed by atoms with Gasteiger partial charge in [-0.2, -0.15) is 0 Å². The van der Waals surface area contributed by atoms with Crippen LogP contribution in [0.3, 0.4) is 0 Å². The Balaban J connectivity index is 4.24. The van der Waals surface area contributed by atoms with Gasteiger partial charge in [-0.25, -0.2) is 0 Å². The molecule has 0 aliphatic heterocycles. The molecule has 0 fully saturated rings. The summed E-state index contributed by atoms with van der Waals surface area (Å²) in [6.07, 6.45) is 1.18. The molecule has 0 amide bonds. The summed E-state index contributed by atoms with van der Waals surface area (Å²) in [6.45, 7) is 7.41. The molecule has 11 heavy (non-hydrogen) atoms. The summed E-state index contributed by atoms with van der Waals surface area (Å²) < 4.78 is 0. The van der Waals surface area contributed by atoms with Crippen LogP contribution in [0, 0.1) is 5.92 Å². The molecular formula is C9H20O2. The van der Waals surface area contributed by atoms with Crippen molar-refractivity contribution in [3.8, 4) is 0 Å². The van der Waals surface area contributed by atoms with Gasteiger partial charge in [-0.1, -0.05) is 26.7 Å². The first kappa shape index (κ1) is 10.9. The van der Waals surface area contributed by atoms with Crippen molar-refractivity contribution >= 4 is 0 Å². The smallest absolute Gasteiger partial charge is 0.0902 e. The second kappa shape index (κ2) is 4.07. The summed E-state index contributed by atoms with van der Waals surface area (Å²) in [6, 6.07) is 0. The van der Waals surface area contributed by atoms with Gasteiger partial charge in [0.1, 0.15) is 0 Å². The molecule has 0 saturated carbocycles. The van der Waals surface area contributed by atoms with Crippen LogP contribution in [-0.2, 0) is 0 Å². The third kappa shape index (κ3) is 2.46. The fourth-order valence-electron chi connectivity index (χ4n) is 1.46. The topological polar surface area (TPSA) is 40.5 Å². The van der Waals surface area contributed by atoms with E-state index in [4.69, 9.17) is 0 Å². The zero-order valence-electron chi connectivity index (χ0n) is 7.96. The van der Waals surface area contributed by atoms with Crippen molar-refractivity contribution in [1.29, 1.82) is 0 Å². The van der Waals surface area contributed by atoms with Gasteiger partial charge in [-0.15, -0.1) is 0 Å². The fraction of sp³-hybridized carbons (Fsp3) is 1.00. The monoisotopic (exact) mass is 160 g/mol. The molecule has 0 bridgehead atoms. The highest BCUT2D eigenvalue weighted by molar-refractivity contribution is 4.85. The van der Waals surface area contributed by atoms with Gasteiger partial charge in [0.25, 0.3) is 0 Å². The molecule has 0 aromatic heterocycles. The minimum absolute atomic E-state index is 0.197. The summed E-state index contributed by atoms with van der Waals surface area (Å²) in [5.41, 5.74) is -0.927. The van der Waals surface area contributed by atoms with E-state index in [-0.39, 0.29) is 5.92 Å². The van der Waals surface area contributed by atoms with Crippen molar-refractivity contribution in [2.45, 2.75) is 52.2 Å². The van der Waals surface area contributed by atoms with Gasteiger partial charge >= 0.3 is 0 Å². The first-order chi connectivity index (χ1) is 4.96. The molecule has 0 aromatic carbocycles. The second-order valence-corrected chi connectivity index (χ2v) is 3.42. The lowest BCUT2D eigenvalue weighted by atomic mass is 9.81. The average molecular weight is 160 g/mol. The Morgan fingerprint density at radius 3 is 1.73 bits per heavy atom. The van der Waals surface area contributed by atoms with Crippen LogP contribution in [0.1, 0.15) is 40.5 Å². The molecule has 68 valence electrons. The predicted molar refractivity (Wildman–Crippen MR) is 46.4 cm³/mol. The summed E-state index contributed by atoms with van der Waals surface area (Å²) in [4.78, 5) is 0. The van der Waals surface area contributed by atoms with E-state index in [0.717, 1.165) is 12.8 Å². The van der Waals surface area contributed by atoms with Crippen LogP contribution >= 0.6 is 0 Å². The molecule has 2 unspecified atom stereocenters. The molecular weight excluding hydrogens is 140 g/mol. The van der Waals surface area contributed by atoms with Gasteiger partial charge in [0.2, 0.25) is 0 Å². The SMILES string of the molecule is CCC(CC)C(C)(O)C(C)O. The Kier molecular flexibility index (Phi) is 4.04. The highest BCUT2D eigenvalue weighted by atomic mass is 16.3. The number of rotatable bonds is 4. The maximum Gasteiger partial charge on any atom is 0.0902 e. The molecule has 0 heterocycles. The van der Waals surface area contributed by atoms with Crippen LogP contribution in [0.15, 0.2) is 0 Å². The van der Waals surface area contributed by atoms with Crippen LogP contribution in [0.25, 0.3) is 0 Å². The number of aliphatic hydroxyl groups is 2. The molecule has 2 atom stereocenters. The van der Waals surface area contributed by atoms with Crippen LogP contribution in [-0.4, -0.2) is 21.9 Å². The molecule has 0 radical (unpaired) electrons. The van der Waals surface area contributed by atoms with Gasteiger partial charge in [0.15, 0.2) is 0 Å². The van der Waals surface area contributed by atoms with E-state index in [2.05, 4.69) is 0 Å². The third-order valence-electron chi connectivity index (χ3n) is 2.66. The minimum Gasteiger partial charge on any atom is -0.390 e. The van der Waals surface area contributed by atoms with Crippen molar-refractivity contribution in [3.63, 3.8) is 0 Å². The lowest BCUT2D eigenvalue weighted by molar-refractivity contribution is -0.0946. The molecule has 2 nitrogen and oxygen atoms in total. The second-order valence-electron chi connectivity index (χ2n) is 3.42. The van der Waals surface area contributed by atoms with Gasteiger partial charge in [-0.3, -0.25) is 0 Å². The number of aliphatic hydroxyl groups excluding tert-OH is 1. The van der Waals surface area contributed by atoms with E-state index in [1.165, 1.54) is 0 Å². The van der Waals surface area contributed by atoms with Crippen molar-refractivity contribution in [1.82, 2.24) is 0 Å².